The van der Waals surface area contributed by atoms with Crippen molar-refractivity contribution in [3.63, 3.8) is 0 Å². The Morgan fingerprint density at radius 3 is 2.33 bits per heavy atom. The van der Waals surface area contributed by atoms with Gasteiger partial charge in [-0.05, 0) is 36.1 Å². The lowest BCUT2D eigenvalue weighted by Crippen LogP contribution is -1.82. The number of hydrogen-bond donors (Lipinski definition) is 0. The predicted octanol–water partition coefficient (Wildman–Crippen LogP) is 5.37. The Kier molecular flexibility index (Phi) is 4.38. The summed E-state index contributed by atoms with van der Waals surface area (Å²) >= 11 is 3.46. The molecule has 0 amide bonds. The van der Waals surface area contributed by atoms with Crippen LogP contribution in [0.5, 0.6) is 0 Å². The van der Waals surface area contributed by atoms with Crippen LogP contribution in [-0.4, -0.2) is 0 Å². The second-order valence-corrected chi connectivity index (χ2v) is 5.13. The van der Waals surface area contributed by atoms with Crippen molar-refractivity contribution in [2.75, 3.05) is 0 Å². The molecule has 2 rings (SSSR count). The fourth-order valence-electron chi connectivity index (χ4n) is 1.84. The van der Waals surface area contributed by atoms with E-state index in [0.29, 0.717) is 0 Å². The van der Waals surface area contributed by atoms with Crippen LogP contribution >= 0.6 is 15.9 Å². The summed E-state index contributed by atoms with van der Waals surface area (Å²) in [4.78, 5) is 0. The topological polar surface area (TPSA) is 0 Å². The highest BCUT2D eigenvalue weighted by Crippen LogP contribution is 2.15. The predicted molar refractivity (Wildman–Crippen MR) is 83.9 cm³/mol. The van der Waals surface area contributed by atoms with Gasteiger partial charge in [-0.2, -0.15) is 0 Å². The van der Waals surface area contributed by atoms with Crippen LogP contribution in [0.2, 0.25) is 0 Å². The zero-order chi connectivity index (χ0) is 13.0. The smallest absolute Gasteiger partial charge is 0.0283 e. The monoisotopic (exact) mass is 300 g/mol. The van der Waals surface area contributed by atoms with Crippen molar-refractivity contribution in [1.82, 2.24) is 0 Å². The largest absolute Gasteiger partial charge is 0.0876 e. The Hall–Kier alpha value is -1.34. The molecule has 0 aliphatic heterocycles. The van der Waals surface area contributed by atoms with Crippen LogP contribution in [0.4, 0.5) is 0 Å². The lowest BCUT2D eigenvalue weighted by Gasteiger charge is -2.02. The van der Waals surface area contributed by atoms with Gasteiger partial charge in [0.2, 0.25) is 0 Å². The van der Waals surface area contributed by atoms with Gasteiger partial charge in [-0.1, -0.05) is 76.1 Å². The van der Waals surface area contributed by atoms with Gasteiger partial charge in [0.05, 0.1) is 0 Å². The van der Waals surface area contributed by atoms with Crippen LogP contribution in [0.25, 0.3) is 12.2 Å². The van der Waals surface area contributed by atoms with Crippen molar-refractivity contribution >= 4 is 28.1 Å². The second kappa shape index (κ2) is 6.01. The molecule has 0 bridgehead atoms. The summed E-state index contributed by atoms with van der Waals surface area (Å²) in [5.74, 6) is 0. The number of benzene rings is 2. The molecule has 0 aliphatic carbocycles. The molecule has 0 atom stereocenters. The number of halogens is 1. The van der Waals surface area contributed by atoms with Gasteiger partial charge in [-0.3, -0.25) is 0 Å². The van der Waals surface area contributed by atoms with Gasteiger partial charge in [0.25, 0.3) is 0 Å². The molecule has 0 radical (unpaired) electrons. The molecule has 0 nitrogen and oxygen atoms in total. The highest BCUT2D eigenvalue weighted by Gasteiger charge is 1.95. The van der Waals surface area contributed by atoms with Crippen molar-refractivity contribution in [3.05, 3.63) is 70.3 Å². The molecule has 0 saturated heterocycles. The molecule has 2 aromatic carbocycles. The minimum atomic E-state index is 0.911. The summed E-state index contributed by atoms with van der Waals surface area (Å²) in [5, 5.41) is 0.911. The Morgan fingerprint density at radius 2 is 1.67 bits per heavy atom. The second-order valence-electron chi connectivity index (χ2n) is 4.57. The lowest BCUT2D eigenvalue weighted by atomic mass is 10.0. The highest BCUT2D eigenvalue weighted by molar-refractivity contribution is 9.08. The third-order valence-electron chi connectivity index (χ3n) is 3.02. The van der Waals surface area contributed by atoms with Gasteiger partial charge in [0, 0.05) is 5.33 Å². The van der Waals surface area contributed by atoms with E-state index in [1.807, 2.05) is 0 Å². The first-order chi connectivity index (χ1) is 8.69. The van der Waals surface area contributed by atoms with E-state index in [2.05, 4.69) is 84.4 Å². The van der Waals surface area contributed by atoms with Crippen molar-refractivity contribution < 1.29 is 0 Å². The number of aryl methyl sites for hydroxylation is 2. The molecule has 0 unspecified atom stereocenters. The average molecular weight is 301 g/mol. The van der Waals surface area contributed by atoms with Gasteiger partial charge in [-0.15, -0.1) is 0 Å². The third kappa shape index (κ3) is 3.33. The SMILES string of the molecule is Cc1ccc(C)c(C=Cc2ccc(CBr)cc2)c1. The first-order valence-corrected chi connectivity index (χ1v) is 7.21. The summed E-state index contributed by atoms with van der Waals surface area (Å²) in [7, 11) is 0. The molecule has 0 spiro atoms. The van der Waals surface area contributed by atoms with Crippen molar-refractivity contribution in [1.29, 1.82) is 0 Å². The Balaban J connectivity index is 2.21. The van der Waals surface area contributed by atoms with Gasteiger partial charge in [0.1, 0.15) is 0 Å². The zero-order valence-corrected chi connectivity index (χ0v) is 12.4. The molecule has 0 saturated carbocycles. The summed E-state index contributed by atoms with van der Waals surface area (Å²) in [6.07, 6.45) is 4.35. The van der Waals surface area contributed by atoms with Gasteiger partial charge in [0.15, 0.2) is 0 Å². The van der Waals surface area contributed by atoms with Crippen LogP contribution in [0, 0.1) is 13.8 Å². The summed E-state index contributed by atoms with van der Waals surface area (Å²) in [6.45, 7) is 4.27. The molecule has 2 aromatic rings. The Bertz CT molecular complexity index is 550. The third-order valence-corrected chi connectivity index (χ3v) is 3.67. The molecule has 0 heterocycles. The quantitative estimate of drug-likeness (QED) is 0.528. The summed E-state index contributed by atoms with van der Waals surface area (Å²) in [5.41, 5.74) is 6.45. The van der Waals surface area contributed by atoms with Gasteiger partial charge < -0.3 is 0 Å². The van der Waals surface area contributed by atoms with Crippen LogP contribution in [-0.2, 0) is 5.33 Å². The number of rotatable bonds is 3. The average Bonchev–Trinajstić information content (AvgIpc) is 2.40. The van der Waals surface area contributed by atoms with E-state index in [1.54, 1.807) is 0 Å². The maximum absolute atomic E-state index is 3.46. The Morgan fingerprint density at radius 1 is 0.944 bits per heavy atom. The van der Waals surface area contributed by atoms with E-state index in [9.17, 15) is 0 Å². The summed E-state index contributed by atoms with van der Waals surface area (Å²) in [6, 6.07) is 15.1. The molecule has 0 aromatic heterocycles. The minimum absolute atomic E-state index is 0.911. The van der Waals surface area contributed by atoms with Crippen molar-refractivity contribution in [2.45, 2.75) is 19.2 Å². The van der Waals surface area contributed by atoms with Gasteiger partial charge >= 0.3 is 0 Å². The van der Waals surface area contributed by atoms with Crippen LogP contribution in [0.15, 0.2) is 42.5 Å². The number of alkyl halides is 1. The molecule has 18 heavy (non-hydrogen) atoms. The summed E-state index contributed by atoms with van der Waals surface area (Å²) < 4.78 is 0. The molecule has 0 aliphatic rings. The van der Waals surface area contributed by atoms with Gasteiger partial charge in [-0.25, -0.2) is 0 Å². The molecule has 0 fully saturated rings. The van der Waals surface area contributed by atoms with E-state index < -0.39 is 0 Å². The highest BCUT2D eigenvalue weighted by atomic mass is 79.9. The molecule has 1 heteroatoms. The zero-order valence-electron chi connectivity index (χ0n) is 10.8. The lowest BCUT2D eigenvalue weighted by molar-refractivity contribution is 1.38. The molecule has 92 valence electrons. The van der Waals surface area contributed by atoms with E-state index in [4.69, 9.17) is 0 Å². The van der Waals surface area contributed by atoms with Crippen LogP contribution < -0.4 is 0 Å². The van der Waals surface area contributed by atoms with Crippen molar-refractivity contribution in [3.8, 4) is 0 Å². The molecular weight excluding hydrogens is 284 g/mol. The molecular formula is C17H17Br. The van der Waals surface area contributed by atoms with E-state index >= 15 is 0 Å². The maximum Gasteiger partial charge on any atom is 0.0283 e. The molecule has 0 N–H and O–H groups in total. The normalized spacial score (nSPS) is 11.1. The fourth-order valence-corrected chi connectivity index (χ4v) is 2.22. The van der Waals surface area contributed by atoms with Crippen molar-refractivity contribution in [2.24, 2.45) is 0 Å². The fraction of sp³-hybridized carbons (Fsp3) is 0.176. The maximum atomic E-state index is 3.46. The first-order valence-electron chi connectivity index (χ1n) is 6.09. The first kappa shape index (κ1) is 13.1. The standard InChI is InChI=1S/C17H17Br/c1-13-3-4-14(2)17(11-13)10-9-15-5-7-16(12-18)8-6-15/h3-11H,12H2,1-2H3. The van der Waals surface area contributed by atoms with Crippen LogP contribution in [0.1, 0.15) is 27.8 Å². The van der Waals surface area contributed by atoms with E-state index in [0.717, 1.165) is 5.33 Å². The minimum Gasteiger partial charge on any atom is -0.0876 e. The van der Waals surface area contributed by atoms with E-state index in [1.165, 1.54) is 27.8 Å². The Labute approximate surface area is 117 Å². The van der Waals surface area contributed by atoms with Crippen LogP contribution in [0.3, 0.4) is 0 Å². The number of hydrogen-bond acceptors (Lipinski definition) is 0. The van der Waals surface area contributed by atoms with E-state index in [-0.39, 0.29) is 0 Å².